The van der Waals surface area contributed by atoms with Crippen LogP contribution in [0, 0.1) is 11.3 Å². The van der Waals surface area contributed by atoms with Crippen LogP contribution in [0.4, 0.5) is 0 Å². The van der Waals surface area contributed by atoms with Crippen LogP contribution in [0.5, 0.6) is 0 Å². The van der Waals surface area contributed by atoms with Crippen molar-refractivity contribution in [3.63, 3.8) is 0 Å². The summed E-state index contributed by atoms with van der Waals surface area (Å²) in [5.41, 5.74) is 0.622. The van der Waals surface area contributed by atoms with E-state index in [0.717, 1.165) is 24.7 Å². The lowest BCUT2D eigenvalue weighted by atomic mass is 9.65. The van der Waals surface area contributed by atoms with Crippen LogP contribution in [0.3, 0.4) is 0 Å². The van der Waals surface area contributed by atoms with E-state index in [-0.39, 0.29) is 17.4 Å². The van der Waals surface area contributed by atoms with Crippen molar-refractivity contribution in [3.05, 3.63) is 12.2 Å². The summed E-state index contributed by atoms with van der Waals surface area (Å²) >= 11 is 0. The summed E-state index contributed by atoms with van der Waals surface area (Å²) in [5.74, 6) is -0.179. The second-order valence-corrected chi connectivity index (χ2v) is 4.15. The van der Waals surface area contributed by atoms with Crippen molar-refractivity contribution in [1.29, 1.82) is 0 Å². The lowest BCUT2D eigenvalue weighted by Gasteiger charge is -2.41. The molecule has 0 heterocycles. The molecule has 2 heteroatoms. The van der Waals surface area contributed by atoms with E-state index in [4.69, 9.17) is 0 Å². The molecule has 0 amide bonds. The standard InChI is InChI=1S/C10H16O2/c1-7-4-5-9(12)10(2,3)8(7)6-11/h6,8-9,12H,1,4-5H2,2-3H3. The third-order valence-corrected chi connectivity index (χ3v) is 2.98. The Kier molecular flexibility index (Phi) is 2.38. The molecule has 2 unspecified atom stereocenters. The summed E-state index contributed by atoms with van der Waals surface area (Å²) in [4.78, 5) is 10.8. The zero-order chi connectivity index (χ0) is 9.35. The average molecular weight is 168 g/mol. The Bertz CT molecular complexity index is 206. The predicted octanol–water partition coefficient (Wildman–Crippen LogP) is 1.54. The molecule has 0 radical (unpaired) electrons. The van der Waals surface area contributed by atoms with Crippen molar-refractivity contribution < 1.29 is 9.90 Å². The minimum Gasteiger partial charge on any atom is -0.393 e. The van der Waals surface area contributed by atoms with Gasteiger partial charge in [0.25, 0.3) is 0 Å². The van der Waals surface area contributed by atoms with Crippen molar-refractivity contribution >= 4 is 6.29 Å². The van der Waals surface area contributed by atoms with Gasteiger partial charge < -0.3 is 9.90 Å². The van der Waals surface area contributed by atoms with Gasteiger partial charge in [0.15, 0.2) is 0 Å². The third kappa shape index (κ3) is 1.31. The van der Waals surface area contributed by atoms with Crippen LogP contribution in [-0.4, -0.2) is 17.5 Å². The second kappa shape index (κ2) is 3.02. The van der Waals surface area contributed by atoms with Crippen molar-refractivity contribution in [3.8, 4) is 0 Å². The van der Waals surface area contributed by atoms with Gasteiger partial charge in [0, 0.05) is 11.3 Å². The number of allylic oxidation sites excluding steroid dienone is 1. The molecule has 12 heavy (non-hydrogen) atoms. The average Bonchev–Trinajstić information content (AvgIpc) is 1.98. The Morgan fingerprint density at radius 3 is 2.67 bits per heavy atom. The normalized spacial score (nSPS) is 34.8. The van der Waals surface area contributed by atoms with Crippen LogP contribution in [0.25, 0.3) is 0 Å². The third-order valence-electron chi connectivity index (χ3n) is 2.98. The number of hydrogen-bond acceptors (Lipinski definition) is 2. The molecule has 0 aromatic rings. The highest BCUT2D eigenvalue weighted by molar-refractivity contribution is 5.60. The Balaban J connectivity index is 2.90. The lowest BCUT2D eigenvalue weighted by Crippen LogP contribution is -2.42. The maximum absolute atomic E-state index is 10.8. The first-order valence-corrected chi connectivity index (χ1v) is 4.31. The fraction of sp³-hybridized carbons (Fsp3) is 0.700. The topological polar surface area (TPSA) is 37.3 Å². The van der Waals surface area contributed by atoms with Gasteiger partial charge in [-0.15, -0.1) is 0 Å². The fourth-order valence-corrected chi connectivity index (χ4v) is 1.85. The van der Waals surface area contributed by atoms with Crippen LogP contribution in [0.1, 0.15) is 26.7 Å². The van der Waals surface area contributed by atoms with Gasteiger partial charge in [-0.1, -0.05) is 26.0 Å². The first-order chi connectivity index (χ1) is 5.50. The number of rotatable bonds is 1. The molecule has 0 bridgehead atoms. The molecule has 1 saturated carbocycles. The van der Waals surface area contributed by atoms with E-state index in [1.165, 1.54) is 0 Å². The van der Waals surface area contributed by atoms with E-state index in [1.54, 1.807) is 0 Å². The van der Waals surface area contributed by atoms with E-state index < -0.39 is 0 Å². The quantitative estimate of drug-likeness (QED) is 0.476. The minimum atomic E-state index is -0.377. The molecule has 1 N–H and O–H groups in total. The molecule has 1 aliphatic carbocycles. The maximum Gasteiger partial charge on any atom is 0.127 e. The van der Waals surface area contributed by atoms with Crippen molar-refractivity contribution in [2.45, 2.75) is 32.8 Å². The first kappa shape index (κ1) is 9.46. The summed E-state index contributed by atoms with van der Waals surface area (Å²) in [6.45, 7) is 7.69. The number of aliphatic hydroxyl groups excluding tert-OH is 1. The fourth-order valence-electron chi connectivity index (χ4n) is 1.85. The molecule has 1 rings (SSSR count). The van der Waals surface area contributed by atoms with Crippen LogP contribution in [-0.2, 0) is 4.79 Å². The number of carbonyl (C=O) groups is 1. The Labute approximate surface area is 73.3 Å². The molecule has 0 aliphatic heterocycles. The largest absolute Gasteiger partial charge is 0.393 e. The highest BCUT2D eigenvalue weighted by Crippen LogP contribution is 2.41. The Hall–Kier alpha value is -0.630. The van der Waals surface area contributed by atoms with Crippen LogP contribution in [0.2, 0.25) is 0 Å². The van der Waals surface area contributed by atoms with Gasteiger partial charge >= 0.3 is 0 Å². The van der Waals surface area contributed by atoms with Gasteiger partial charge in [0.1, 0.15) is 6.29 Å². The SMILES string of the molecule is C=C1CCC(O)C(C)(C)C1C=O. The van der Waals surface area contributed by atoms with E-state index in [1.807, 2.05) is 13.8 Å². The molecular formula is C10H16O2. The van der Waals surface area contributed by atoms with Crippen LogP contribution in [0.15, 0.2) is 12.2 Å². The highest BCUT2D eigenvalue weighted by atomic mass is 16.3. The van der Waals surface area contributed by atoms with Gasteiger partial charge in [0.2, 0.25) is 0 Å². The molecule has 0 aromatic carbocycles. The van der Waals surface area contributed by atoms with Crippen molar-refractivity contribution in [2.24, 2.45) is 11.3 Å². The molecule has 2 nitrogen and oxygen atoms in total. The van der Waals surface area contributed by atoms with Gasteiger partial charge in [-0.25, -0.2) is 0 Å². The van der Waals surface area contributed by atoms with Crippen molar-refractivity contribution in [1.82, 2.24) is 0 Å². The van der Waals surface area contributed by atoms with Gasteiger partial charge in [-0.05, 0) is 12.8 Å². The minimum absolute atomic E-state index is 0.179. The monoisotopic (exact) mass is 168 g/mol. The zero-order valence-corrected chi connectivity index (χ0v) is 7.71. The summed E-state index contributed by atoms with van der Waals surface area (Å²) in [5, 5.41) is 9.66. The van der Waals surface area contributed by atoms with Gasteiger partial charge in [-0.2, -0.15) is 0 Å². The number of aliphatic hydroxyl groups is 1. The number of aldehydes is 1. The predicted molar refractivity (Wildman–Crippen MR) is 47.7 cm³/mol. The number of hydrogen-bond donors (Lipinski definition) is 1. The van der Waals surface area contributed by atoms with E-state index in [0.29, 0.717) is 0 Å². The van der Waals surface area contributed by atoms with Crippen LogP contribution < -0.4 is 0 Å². The summed E-state index contributed by atoms with van der Waals surface area (Å²) < 4.78 is 0. The van der Waals surface area contributed by atoms with E-state index >= 15 is 0 Å². The maximum atomic E-state index is 10.8. The molecule has 1 fully saturated rings. The van der Waals surface area contributed by atoms with Gasteiger partial charge in [0.05, 0.1) is 6.10 Å². The molecule has 2 atom stereocenters. The zero-order valence-electron chi connectivity index (χ0n) is 7.71. The van der Waals surface area contributed by atoms with Gasteiger partial charge in [-0.3, -0.25) is 0 Å². The first-order valence-electron chi connectivity index (χ1n) is 4.31. The Morgan fingerprint density at radius 1 is 1.67 bits per heavy atom. The second-order valence-electron chi connectivity index (χ2n) is 4.15. The molecule has 68 valence electrons. The summed E-state index contributed by atoms with van der Waals surface area (Å²) in [6.07, 6.45) is 2.03. The molecule has 0 saturated heterocycles. The van der Waals surface area contributed by atoms with Crippen molar-refractivity contribution in [2.75, 3.05) is 0 Å². The molecular weight excluding hydrogens is 152 g/mol. The van der Waals surface area contributed by atoms with E-state index in [2.05, 4.69) is 6.58 Å². The summed E-state index contributed by atoms with van der Waals surface area (Å²) in [7, 11) is 0. The lowest BCUT2D eigenvalue weighted by molar-refractivity contribution is -0.117. The van der Waals surface area contributed by atoms with Crippen LogP contribution >= 0.6 is 0 Å². The number of carbonyl (C=O) groups excluding carboxylic acids is 1. The summed E-state index contributed by atoms with van der Waals surface area (Å²) in [6, 6.07) is 0. The molecule has 1 aliphatic rings. The smallest absolute Gasteiger partial charge is 0.127 e. The molecule has 0 spiro atoms. The highest BCUT2D eigenvalue weighted by Gasteiger charge is 2.40. The van der Waals surface area contributed by atoms with E-state index in [9.17, 15) is 9.90 Å². The molecule has 0 aromatic heterocycles. The Morgan fingerprint density at radius 2 is 2.25 bits per heavy atom.